The van der Waals surface area contributed by atoms with Gasteiger partial charge in [-0.05, 0) is 48.8 Å². The second kappa shape index (κ2) is 12.9. The summed E-state index contributed by atoms with van der Waals surface area (Å²) in [7, 11) is 0. The molecule has 0 aliphatic heterocycles. The van der Waals surface area contributed by atoms with Gasteiger partial charge in [-0.3, -0.25) is 9.78 Å². The summed E-state index contributed by atoms with van der Waals surface area (Å²) in [6.07, 6.45) is 3.11. The summed E-state index contributed by atoms with van der Waals surface area (Å²) in [5.74, 6) is -4.23. The highest BCUT2D eigenvalue weighted by atomic mass is 35.5. The number of aliphatic hydroxyl groups is 1. The van der Waals surface area contributed by atoms with E-state index in [0.717, 1.165) is 29.9 Å². The van der Waals surface area contributed by atoms with Gasteiger partial charge in [0.15, 0.2) is 17.5 Å². The average Bonchev–Trinajstić information content (AvgIpc) is 3.41. The molecular weight excluding hydrogens is 529 g/mol. The number of anilines is 1. The molecule has 0 saturated heterocycles. The van der Waals surface area contributed by atoms with E-state index < -0.39 is 23.4 Å². The zero-order valence-corrected chi connectivity index (χ0v) is 22.4. The van der Waals surface area contributed by atoms with E-state index >= 15 is 0 Å². The maximum absolute atomic E-state index is 13.4. The van der Waals surface area contributed by atoms with Crippen LogP contribution in [-0.2, 0) is 0 Å². The normalized spacial score (nSPS) is 21.6. The van der Waals surface area contributed by atoms with Gasteiger partial charge >= 0.3 is 0 Å². The van der Waals surface area contributed by atoms with Crippen LogP contribution in [0.5, 0.6) is 0 Å². The molecule has 194 valence electrons. The van der Waals surface area contributed by atoms with Crippen molar-refractivity contribution in [2.75, 3.05) is 5.32 Å². The molecule has 10 heteroatoms. The van der Waals surface area contributed by atoms with Crippen molar-refractivity contribution in [3.8, 4) is 0 Å². The van der Waals surface area contributed by atoms with Gasteiger partial charge in [-0.25, -0.2) is 13.2 Å². The smallest absolute Gasteiger partial charge is 0.255 e. The Labute approximate surface area is 222 Å². The summed E-state index contributed by atoms with van der Waals surface area (Å²) in [4.78, 5) is 17.0. The highest BCUT2D eigenvalue weighted by Crippen LogP contribution is 2.43. The minimum Gasteiger partial charge on any atom is -0.393 e. The Morgan fingerprint density at radius 1 is 1.19 bits per heavy atom. The lowest BCUT2D eigenvalue weighted by Gasteiger charge is -2.39. The van der Waals surface area contributed by atoms with Crippen molar-refractivity contribution in [2.24, 2.45) is 17.8 Å². The number of hydrogen-bond donors (Lipinski definition) is 2. The molecule has 0 radical (unpaired) electrons. The number of hydrogen-bond acceptors (Lipinski definition) is 5. The number of halogens is 4. The Bertz CT molecular complexity index is 1120. The number of carbonyl (C=O) groups is 1. The molecule has 1 aliphatic rings. The Balaban J connectivity index is 0.000000642. The molecule has 0 spiro atoms. The van der Waals surface area contributed by atoms with Crippen LogP contribution in [0.25, 0.3) is 0 Å². The summed E-state index contributed by atoms with van der Waals surface area (Å²) in [5, 5.41) is 15.5. The first-order valence-electron chi connectivity index (χ1n) is 11.5. The van der Waals surface area contributed by atoms with E-state index in [2.05, 4.69) is 24.1 Å². The molecule has 2 N–H and O–H groups in total. The zero-order chi connectivity index (χ0) is 26.4. The number of aromatic nitrogens is 1. The van der Waals surface area contributed by atoms with Crippen molar-refractivity contribution in [3.63, 3.8) is 0 Å². The molecule has 1 heterocycles. The molecule has 36 heavy (non-hydrogen) atoms. The van der Waals surface area contributed by atoms with Gasteiger partial charge in [-0.1, -0.05) is 32.4 Å². The fourth-order valence-electron chi connectivity index (χ4n) is 4.20. The number of carbonyl (C=O) groups excluding carboxylic acids is 1. The first-order valence-corrected chi connectivity index (χ1v) is 13.7. The van der Waals surface area contributed by atoms with Crippen molar-refractivity contribution >= 4 is 46.3 Å². The Morgan fingerprint density at radius 2 is 1.89 bits per heavy atom. The molecule has 1 aromatic heterocycles. The number of benzene rings is 2. The molecule has 1 fully saturated rings. The Hall–Kier alpha value is -2.07. The maximum Gasteiger partial charge on any atom is 0.255 e. The standard InChI is InChI=1S/C23H25ClF3NO2S.C3H3NS/c1-11(2)16-10-15(6-12(3)22(16)29)31-20-7-13(4-5-17(20)24)23(30)28-14-8-18(25)21(27)19(26)9-14;1-2-5-3-4-1/h4-5,7-9,11-12,15-16,22,29H,6,10H2,1-3H3,(H,28,30);1-3H. The second-order valence-electron chi connectivity index (χ2n) is 9.12. The number of thiazole rings is 1. The highest BCUT2D eigenvalue weighted by Gasteiger charge is 2.36. The lowest BCUT2D eigenvalue weighted by atomic mass is 9.74. The van der Waals surface area contributed by atoms with Crippen LogP contribution in [0.3, 0.4) is 0 Å². The van der Waals surface area contributed by atoms with E-state index in [1.807, 2.05) is 12.3 Å². The van der Waals surface area contributed by atoms with Gasteiger partial charge in [0.25, 0.3) is 5.91 Å². The monoisotopic (exact) mass is 556 g/mol. The van der Waals surface area contributed by atoms with Crippen LogP contribution in [0, 0.1) is 35.2 Å². The van der Waals surface area contributed by atoms with E-state index in [4.69, 9.17) is 11.6 Å². The first kappa shape index (κ1) is 28.5. The number of thioether (sulfide) groups is 1. The van der Waals surface area contributed by atoms with Gasteiger partial charge in [0.1, 0.15) is 0 Å². The number of amides is 1. The first-order chi connectivity index (χ1) is 17.1. The van der Waals surface area contributed by atoms with Crippen molar-refractivity contribution in [1.82, 2.24) is 4.98 Å². The Kier molecular flexibility index (Phi) is 10.2. The summed E-state index contributed by atoms with van der Waals surface area (Å²) < 4.78 is 40.0. The van der Waals surface area contributed by atoms with Gasteiger partial charge in [-0.15, -0.1) is 23.1 Å². The van der Waals surface area contributed by atoms with Gasteiger partial charge in [0.2, 0.25) is 0 Å². The van der Waals surface area contributed by atoms with E-state index in [1.54, 1.807) is 46.9 Å². The van der Waals surface area contributed by atoms with Gasteiger partial charge in [-0.2, -0.15) is 0 Å². The van der Waals surface area contributed by atoms with Gasteiger partial charge in [0, 0.05) is 45.1 Å². The lowest BCUT2D eigenvalue weighted by Crippen LogP contribution is -2.39. The highest BCUT2D eigenvalue weighted by molar-refractivity contribution is 8.00. The second-order valence-corrected chi connectivity index (χ2v) is 11.6. The number of nitrogens with one attached hydrogen (secondary N) is 1. The summed E-state index contributed by atoms with van der Waals surface area (Å²) in [6, 6.07) is 6.21. The number of rotatable bonds is 5. The average molecular weight is 557 g/mol. The van der Waals surface area contributed by atoms with Crippen molar-refractivity contribution in [2.45, 2.75) is 49.9 Å². The van der Waals surface area contributed by atoms with E-state index in [1.165, 1.54) is 6.07 Å². The molecule has 3 aromatic rings. The molecule has 1 amide bonds. The van der Waals surface area contributed by atoms with Crippen LogP contribution in [-0.4, -0.2) is 27.4 Å². The molecule has 0 bridgehead atoms. The largest absolute Gasteiger partial charge is 0.393 e. The Morgan fingerprint density at radius 3 is 2.44 bits per heavy atom. The minimum atomic E-state index is -1.59. The third-order valence-corrected chi connectivity index (χ3v) is 8.40. The molecule has 2 aromatic carbocycles. The van der Waals surface area contributed by atoms with E-state index in [0.29, 0.717) is 10.9 Å². The third-order valence-electron chi connectivity index (χ3n) is 6.12. The molecule has 4 unspecified atom stereocenters. The molecule has 1 saturated carbocycles. The lowest BCUT2D eigenvalue weighted by molar-refractivity contribution is 0.00712. The predicted molar refractivity (Wildman–Crippen MR) is 140 cm³/mol. The van der Waals surface area contributed by atoms with Crippen molar-refractivity contribution < 1.29 is 23.1 Å². The maximum atomic E-state index is 13.4. The SMILES string of the molecule is CC(C)C1CC(Sc2cc(C(=O)Nc3cc(F)c(F)c(F)c3)ccc2Cl)CC(C)C1O.c1cscn1. The van der Waals surface area contributed by atoms with Crippen LogP contribution < -0.4 is 5.32 Å². The van der Waals surface area contributed by atoms with E-state index in [-0.39, 0.29) is 34.4 Å². The van der Waals surface area contributed by atoms with E-state index in [9.17, 15) is 23.1 Å². The van der Waals surface area contributed by atoms with Crippen LogP contribution in [0.1, 0.15) is 44.0 Å². The topological polar surface area (TPSA) is 62.2 Å². The van der Waals surface area contributed by atoms with Crippen LogP contribution in [0.2, 0.25) is 5.02 Å². The van der Waals surface area contributed by atoms with Gasteiger partial charge < -0.3 is 10.4 Å². The quantitative estimate of drug-likeness (QED) is 0.316. The molecular formula is C26H28ClF3N2O2S2. The molecule has 4 nitrogen and oxygen atoms in total. The number of aliphatic hydroxyl groups excluding tert-OH is 1. The zero-order valence-electron chi connectivity index (χ0n) is 20.1. The fourth-order valence-corrected chi connectivity index (χ4v) is 6.25. The number of nitrogens with zero attached hydrogens (tertiary/aromatic N) is 1. The van der Waals surface area contributed by atoms with Crippen LogP contribution in [0.15, 0.2) is 52.3 Å². The molecule has 1 aliphatic carbocycles. The van der Waals surface area contributed by atoms with Crippen LogP contribution >= 0.6 is 34.7 Å². The van der Waals surface area contributed by atoms with Crippen molar-refractivity contribution in [1.29, 1.82) is 0 Å². The van der Waals surface area contributed by atoms with Crippen molar-refractivity contribution in [3.05, 3.63) is 75.5 Å². The molecule has 4 rings (SSSR count). The molecule has 4 atom stereocenters. The van der Waals surface area contributed by atoms with Crippen LogP contribution in [0.4, 0.5) is 18.9 Å². The minimum absolute atomic E-state index is 0.159. The predicted octanol–water partition coefficient (Wildman–Crippen LogP) is 7.68. The fraction of sp³-hybridized carbons (Fsp3) is 0.385. The summed E-state index contributed by atoms with van der Waals surface area (Å²) in [6.45, 7) is 6.25. The van der Waals surface area contributed by atoms with Gasteiger partial charge in [0.05, 0.1) is 16.6 Å². The third kappa shape index (κ3) is 7.47. The summed E-state index contributed by atoms with van der Waals surface area (Å²) in [5.41, 5.74) is 1.88. The summed E-state index contributed by atoms with van der Waals surface area (Å²) >= 11 is 9.53.